The molecule has 0 bridgehead atoms. The van der Waals surface area contributed by atoms with Gasteiger partial charge in [-0.3, -0.25) is 14.9 Å². The van der Waals surface area contributed by atoms with Gasteiger partial charge < -0.3 is 5.11 Å². The SMILES string of the molecule is Cc1ccc([N+](=O)[O-])c(CC(=O)C(=O)O)c1. The smallest absolute Gasteiger partial charge is 0.372 e. The van der Waals surface area contributed by atoms with Gasteiger partial charge >= 0.3 is 5.97 Å². The highest BCUT2D eigenvalue weighted by Crippen LogP contribution is 2.20. The Hall–Kier alpha value is -2.24. The summed E-state index contributed by atoms with van der Waals surface area (Å²) in [4.78, 5) is 31.3. The van der Waals surface area contributed by atoms with Gasteiger partial charge in [0.1, 0.15) is 0 Å². The highest BCUT2D eigenvalue weighted by Gasteiger charge is 2.19. The normalized spacial score (nSPS) is 9.81. The van der Waals surface area contributed by atoms with Gasteiger partial charge in [0.15, 0.2) is 0 Å². The highest BCUT2D eigenvalue weighted by molar-refractivity contribution is 6.33. The molecule has 0 radical (unpaired) electrons. The molecule has 0 aliphatic rings. The van der Waals surface area contributed by atoms with Crippen LogP contribution in [0.4, 0.5) is 5.69 Å². The zero-order chi connectivity index (χ0) is 12.3. The summed E-state index contributed by atoms with van der Waals surface area (Å²) >= 11 is 0. The molecule has 0 spiro atoms. The molecule has 16 heavy (non-hydrogen) atoms. The second-order valence-electron chi connectivity index (χ2n) is 3.29. The number of carbonyl (C=O) groups is 2. The lowest BCUT2D eigenvalue weighted by Crippen LogP contribution is -2.15. The van der Waals surface area contributed by atoms with E-state index in [0.29, 0.717) is 0 Å². The lowest BCUT2D eigenvalue weighted by atomic mass is 10.0. The van der Waals surface area contributed by atoms with Crippen LogP contribution >= 0.6 is 0 Å². The minimum Gasteiger partial charge on any atom is -0.475 e. The third kappa shape index (κ3) is 2.63. The van der Waals surface area contributed by atoms with Crippen molar-refractivity contribution < 1.29 is 19.6 Å². The Morgan fingerprint density at radius 3 is 2.56 bits per heavy atom. The van der Waals surface area contributed by atoms with Gasteiger partial charge in [0, 0.05) is 18.1 Å². The number of carboxylic acid groups (broad SMARTS) is 1. The van der Waals surface area contributed by atoms with Crippen LogP contribution in [0.5, 0.6) is 0 Å². The molecule has 0 saturated heterocycles. The molecule has 0 aliphatic carbocycles. The summed E-state index contributed by atoms with van der Waals surface area (Å²) in [6.45, 7) is 1.71. The molecule has 0 fully saturated rings. The van der Waals surface area contributed by atoms with E-state index in [4.69, 9.17) is 5.11 Å². The Labute approximate surface area is 90.7 Å². The molecule has 84 valence electrons. The van der Waals surface area contributed by atoms with Crippen molar-refractivity contribution in [3.63, 3.8) is 0 Å². The zero-order valence-corrected chi connectivity index (χ0v) is 8.47. The number of Topliss-reactive ketones (excluding diaryl/α,β-unsaturated/α-hetero) is 1. The van der Waals surface area contributed by atoms with Crippen molar-refractivity contribution in [3.8, 4) is 0 Å². The maximum atomic E-state index is 11.0. The number of nitro benzene ring substituents is 1. The summed E-state index contributed by atoms with van der Waals surface area (Å²) in [6, 6.07) is 4.24. The monoisotopic (exact) mass is 223 g/mol. The van der Waals surface area contributed by atoms with E-state index >= 15 is 0 Å². The fraction of sp³-hybridized carbons (Fsp3) is 0.200. The van der Waals surface area contributed by atoms with Crippen molar-refractivity contribution in [1.82, 2.24) is 0 Å². The molecule has 0 amide bonds. The van der Waals surface area contributed by atoms with Crippen LogP contribution in [0, 0.1) is 17.0 Å². The van der Waals surface area contributed by atoms with Gasteiger partial charge in [-0.15, -0.1) is 0 Å². The number of hydrogen-bond acceptors (Lipinski definition) is 4. The quantitative estimate of drug-likeness (QED) is 0.468. The molecule has 6 heteroatoms. The highest BCUT2D eigenvalue weighted by atomic mass is 16.6. The Kier molecular flexibility index (Phi) is 3.34. The first-order valence-corrected chi connectivity index (χ1v) is 4.42. The second-order valence-corrected chi connectivity index (χ2v) is 3.29. The summed E-state index contributed by atoms with van der Waals surface area (Å²) in [5.41, 5.74) is 0.622. The van der Waals surface area contributed by atoms with Crippen LogP contribution in [0.25, 0.3) is 0 Å². The van der Waals surface area contributed by atoms with Crippen LogP contribution in [-0.4, -0.2) is 21.8 Å². The van der Waals surface area contributed by atoms with Crippen molar-refractivity contribution in [2.24, 2.45) is 0 Å². The average molecular weight is 223 g/mol. The standard InChI is InChI=1S/C10H9NO5/c1-6-2-3-8(11(15)16)7(4-6)5-9(12)10(13)14/h2-4H,5H2,1H3,(H,13,14). The number of aliphatic carboxylic acids is 1. The molecule has 1 N–H and O–H groups in total. The van der Waals surface area contributed by atoms with Crippen LogP contribution in [0.3, 0.4) is 0 Å². The summed E-state index contributed by atoms with van der Waals surface area (Å²) in [5, 5.41) is 19.1. The van der Waals surface area contributed by atoms with Crippen LogP contribution in [0.2, 0.25) is 0 Å². The number of aryl methyl sites for hydroxylation is 1. The Balaban J connectivity index is 3.10. The number of rotatable bonds is 4. The van der Waals surface area contributed by atoms with E-state index in [9.17, 15) is 19.7 Å². The first-order chi connectivity index (χ1) is 7.41. The molecule has 0 heterocycles. The predicted molar refractivity (Wildman–Crippen MR) is 54.2 cm³/mol. The van der Waals surface area contributed by atoms with Crippen LogP contribution < -0.4 is 0 Å². The number of benzene rings is 1. The van der Waals surface area contributed by atoms with Crippen molar-refractivity contribution in [2.75, 3.05) is 0 Å². The lowest BCUT2D eigenvalue weighted by Gasteiger charge is -2.01. The lowest BCUT2D eigenvalue weighted by molar-refractivity contribution is -0.385. The van der Waals surface area contributed by atoms with Gasteiger partial charge in [-0.25, -0.2) is 4.79 Å². The van der Waals surface area contributed by atoms with E-state index in [2.05, 4.69) is 0 Å². The van der Waals surface area contributed by atoms with Crippen molar-refractivity contribution in [1.29, 1.82) is 0 Å². The van der Waals surface area contributed by atoms with Crippen molar-refractivity contribution >= 4 is 17.4 Å². The molecule has 0 atom stereocenters. The predicted octanol–water partition coefficient (Wildman–Crippen LogP) is 1.10. The van der Waals surface area contributed by atoms with Gasteiger partial charge in [0.25, 0.3) is 5.69 Å². The van der Waals surface area contributed by atoms with Gasteiger partial charge in [-0.1, -0.05) is 11.6 Å². The molecule has 6 nitrogen and oxygen atoms in total. The van der Waals surface area contributed by atoms with Crippen molar-refractivity contribution in [2.45, 2.75) is 13.3 Å². The third-order valence-corrected chi connectivity index (χ3v) is 2.02. The fourth-order valence-electron chi connectivity index (χ4n) is 1.28. The van der Waals surface area contributed by atoms with E-state index in [-0.39, 0.29) is 11.3 Å². The van der Waals surface area contributed by atoms with Crippen LogP contribution in [0.1, 0.15) is 11.1 Å². The molecule has 1 aromatic rings. The Morgan fingerprint density at radius 1 is 1.44 bits per heavy atom. The Morgan fingerprint density at radius 2 is 2.06 bits per heavy atom. The van der Waals surface area contributed by atoms with E-state index < -0.39 is 23.1 Å². The molecule has 0 unspecified atom stereocenters. The number of carbonyl (C=O) groups excluding carboxylic acids is 1. The molecular weight excluding hydrogens is 214 g/mol. The van der Waals surface area contributed by atoms with E-state index in [0.717, 1.165) is 5.56 Å². The minimum atomic E-state index is -1.59. The van der Waals surface area contributed by atoms with E-state index in [1.807, 2.05) is 0 Å². The fourth-order valence-corrected chi connectivity index (χ4v) is 1.28. The largest absolute Gasteiger partial charge is 0.475 e. The summed E-state index contributed by atoms with van der Waals surface area (Å²) in [6.07, 6.45) is -0.465. The summed E-state index contributed by atoms with van der Waals surface area (Å²) in [7, 11) is 0. The molecule has 0 aromatic heterocycles. The first kappa shape index (κ1) is 11.8. The number of ketones is 1. The zero-order valence-electron chi connectivity index (χ0n) is 8.47. The molecular formula is C10H9NO5. The summed E-state index contributed by atoms with van der Waals surface area (Å²) < 4.78 is 0. The van der Waals surface area contributed by atoms with E-state index in [1.165, 1.54) is 18.2 Å². The number of hydrogen-bond donors (Lipinski definition) is 1. The molecule has 1 rings (SSSR count). The average Bonchev–Trinajstić information content (AvgIpc) is 2.16. The van der Waals surface area contributed by atoms with Gasteiger partial charge in [-0.05, 0) is 13.0 Å². The first-order valence-electron chi connectivity index (χ1n) is 4.42. The number of carboxylic acids is 1. The number of nitrogens with zero attached hydrogens (tertiary/aromatic N) is 1. The Bertz CT molecular complexity index is 466. The molecule has 0 saturated carbocycles. The number of nitro groups is 1. The topological polar surface area (TPSA) is 97.5 Å². The van der Waals surface area contributed by atoms with E-state index in [1.54, 1.807) is 6.92 Å². The minimum absolute atomic E-state index is 0.123. The second kappa shape index (κ2) is 4.52. The van der Waals surface area contributed by atoms with Crippen molar-refractivity contribution in [3.05, 3.63) is 39.4 Å². The third-order valence-electron chi connectivity index (χ3n) is 2.02. The van der Waals surface area contributed by atoms with Gasteiger partial charge in [0.2, 0.25) is 5.78 Å². The maximum absolute atomic E-state index is 11.0. The van der Waals surface area contributed by atoms with Crippen LogP contribution in [0.15, 0.2) is 18.2 Å². The molecule has 0 aliphatic heterocycles. The maximum Gasteiger partial charge on any atom is 0.372 e. The van der Waals surface area contributed by atoms with Crippen LogP contribution in [-0.2, 0) is 16.0 Å². The van der Waals surface area contributed by atoms with Gasteiger partial charge in [-0.2, -0.15) is 0 Å². The molecule has 1 aromatic carbocycles. The summed E-state index contributed by atoms with van der Waals surface area (Å²) in [5.74, 6) is -2.65. The van der Waals surface area contributed by atoms with Gasteiger partial charge in [0.05, 0.1) is 4.92 Å².